The molecule has 11 heteroatoms. The van der Waals surface area contributed by atoms with E-state index in [4.69, 9.17) is 5.73 Å². The van der Waals surface area contributed by atoms with Crippen molar-refractivity contribution in [2.75, 3.05) is 17.6 Å². The molecule has 0 bridgehead atoms. The highest BCUT2D eigenvalue weighted by molar-refractivity contribution is 7.99. The van der Waals surface area contributed by atoms with E-state index in [1.165, 1.54) is 18.2 Å². The van der Waals surface area contributed by atoms with E-state index in [9.17, 15) is 27.6 Å². The van der Waals surface area contributed by atoms with Gasteiger partial charge in [0.15, 0.2) is 0 Å². The van der Waals surface area contributed by atoms with Crippen LogP contribution in [0.25, 0.3) is 0 Å². The van der Waals surface area contributed by atoms with Crippen molar-refractivity contribution in [1.82, 2.24) is 10.3 Å². The zero-order valence-electron chi connectivity index (χ0n) is 15.0. The Morgan fingerprint density at radius 1 is 1.10 bits per heavy atom. The second kappa shape index (κ2) is 9.92. The van der Waals surface area contributed by atoms with Gasteiger partial charge in [-0.05, 0) is 24.3 Å². The van der Waals surface area contributed by atoms with Gasteiger partial charge < -0.3 is 16.4 Å². The van der Waals surface area contributed by atoms with Crippen LogP contribution in [-0.4, -0.2) is 35.0 Å². The monoisotopic (exact) mass is 426 g/mol. The molecule has 2 aromatic rings. The van der Waals surface area contributed by atoms with E-state index in [1.807, 2.05) is 0 Å². The average Bonchev–Trinajstić information content (AvgIpc) is 2.66. The normalized spacial score (nSPS) is 11.0. The summed E-state index contributed by atoms with van der Waals surface area (Å²) in [6.45, 7) is 0.0614. The highest BCUT2D eigenvalue weighted by Crippen LogP contribution is 2.29. The summed E-state index contributed by atoms with van der Waals surface area (Å²) in [7, 11) is 0. The molecule has 0 unspecified atom stereocenters. The van der Waals surface area contributed by atoms with Crippen molar-refractivity contribution in [3.05, 3.63) is 53.7 Å². The lowest BCUT2D eigenvalue weighted by Gasteiger charge is -2.11. The first-order valence-electron chi connectivity index (χ1n) is 8.28. The number of anilines is 1. The van der Waals surface area contributed by atoms with Gasteiger partial charge in [0, 0.05) is 19.2 Å². The predicted molar refractivity (Wildman–Crippen MR) is 101 cm³/mol. The topological polar surface area (TPSA) is 114 Å². The van der Waals surface area contributed by atoms with Crippen LogP contribution in [0.3, 0.4) is 0 Å². The van der Waals surface area contributed by atoms with Gasteiger partial charge >= 0.3 is 6.18 Å². The molecular formula is C18H17F3N4O3S. The molecule has 1 aromatic heterocycles. The molecule has 0 radical (unpaired) electrons. The van der Waals surface area contributed by atoms with Crippen LogP contribution in [0.5, 0.6) is 0 Å². The molecule has 0 saturated carbocycles. The molecule has 154 valence electrons. The smallest absolute Gasteiger partial charge is 0.370 e. The highest BCUT2D eigenvalue weighted by Gasteiger charge is 2.30. The summed E-state index contributed by atoms with van der Waals surface area (Å²) in [6.07, 6.45) is -3.79. The Hall–Kier alpha value is -3.08. The Labute approximate surface area is 168 Å². The molecule has 7 nitrogen and oxygen atoms in total. The number of aromatic nitrogens is 1. The molecular weight excluding hydrogens is 409 g/mol. The SMILES string of the molecule is NC(=O)CCNC(=O)c1ccccc1NC(=O)CSc1ccc(C(F)(F)F)cn1. The van der Waals surface area contributed by atoms with Crippen LogP contribution in [0.15, 0.2) is 47.6 Å². The number of hydrogen-bond acceptors (Lipinski definition) is 5. The third kappa shape index (κ3) is 7.11. The molecule has 1 aromatic carbocycles. The Bertz CT molecular complexity index is 889. The van der Waals surface area contributed by atoms with Crippen LogP contribution in [0.4, 0.5) is 18.9 Å². The van der Waals surface area contributed by atoms with E-state index in [0.29, 0.717) is 6.20 Å². The molecule has 0 fully saturated rings. The van der Waals surface area contributed by atoms with Crippen LogP contribution in [-0.2, 0) is 15.8 Å². The maximum Gasteiger partial charge on any atom is 0.417 e. The third-order valence-corrected chi connectivity index (χ3v) is 4.46. The summed E-state index contributed by atoms with van der Waals surface area (Å²) in [4.78, 5) is 38.8. The maximum atomic E-state index is 12.5. The number of benzene rings is 1. The van der Waals surface area contributed by atoms with E-state index in [-0.39, 0.29) is 35.0 Å². The lowest BCUT2D eigenvalue weighted by Crippen LogP contribution is -2.29. The molecule has 4 N–H and O–H groups in total. The largest absolute Gasteiger partial charge is 0.417 e. The number of alkyl halides is 3. The van der Waals surface area contributed by atoms with Gasteiger partial charge in [-0.2, -0.15) is 13.2 Å². The number of primary amides is 1. The van der Waals surface area contributed by atoms with E-state index >= 15 is 0 Å². The van der Waals surface area contributed by atoms with Crippen molar-refractivity contribution in [3.8, 4) is 0 Å². The Morgan fingerprint density at radius 3 is 2.45 bits per heavy atom. The van der Waals surface area contributed by atoms with Gasteiger partial charge in [-0.3, -0.25) is 14.4 Å². The standard InChI is InChI=1S/C18H17F3N4O3S/c19-18(20,21)11-5-6-16(24-9-11)29-10-15(27)25-13-4-2-1-3-12(13)17(28)23-8-7-14(22)26/h1-6,9H,7-8,10H2,(H2,22,26)(H,23,28)(H,25,27). The quantitative estimate of drug-likeness (QED) is 0.561. The molecule has 0 atom stereocenters. The van der Waals surface area contributed by atoms with Gasteiger partial charge in [-0.25, -0.2) is 4.98 Å². The minimum absolute atomic E-state index is 0.0168. The fourth-order valence-corrected chi connectivity index (χ4v) is 2.79. The van der Waals surface area contributed by atoms with E-state index < -0.39 is 29.5 Å². The second-order valence-corrected chi connectivity index (χ2v) is 6.73. The number of carbonyl (C=O) groups is 3. The first-order valence-corrected chi connectivity index (χ1v) is 9.27. The number of thioether (sulfide) groups is 1. The van der Waals surface area contributed by atoms with Gasteiger partial charge in [0.1, 0.15) is 0 Å². The van der Waals surface area contributed by atoms with Crippen molar-refractivity contribution in [3.63, 3.8) is 0 Å². The summed E-state index contributed by atoms with van der Waals surface area (Å²) >= 11 is 0.956. The Morgan fingerprint density at radius 2 is 1.83 bits per heavy atom. The molecule has 0 aliphatic rings. The van der Waals surface area contributed by atoms with Gasteiger partial charge in [0.2, 0.25) is 11.8 Å². The number of carbonyl (C=O) groups excluding carboxylic acids is 3. The fraction of sp³-hybridized carbons (Fsp3) is 0.222. The minimum atomic E-state index is -4.48. The Balaban J connectivity index is 1.93. The molecule has 3 amide bonds. The minimum Gasteiger partial charge on any atom is -0.370 e. The zero-order chi connectivity index (χ0) is 21.4. The second-order valence-electron chi connectivity index (χ2n) is 5.74. The number of rotatable bonds is 8. The number of nitrogens with two attached hydrogens (primary N) is 1. The van der Waals surface area contributed by atoms with E-state index in [2.05, 4.69) is 15.6 Å². The molecule has 0 aliphatic carbocycles. The first-order chi connectivity index (χ1) is 13.7. The summed E-state index contributed by atoms with van der Waals surface area (Å²) in [5.41, 5.74) is 4.60. The highest BCUT2D eigenvalue weighted by atomic mass is 32.2. The summed E-state index contributed by atoms with van der Waals surface area (Å²) in [5, 5.41) is 5.35. The molecule has 0 spiro atoms. The summed E-state index contributed by atoms with van der Waals surface area (Å²) < 4.78 is 37.6. The van der Waals surface area contributed by atoms with Crippen LogP contribution in [0, 0.1) is 0 Å². The maximum absolute atomic E-state index is 12.5. The number of nitrogens with one attached hydrogen (secondary N) is 2. The molecule has 29 heavy (non-hydrogen) atoms. The van der Waals surface area contributed by atoms with Crippen molar-refractivity contribution < 1.29 is 27.6 Å². The number of nitrogens with zero attached hydrogens (tertiary/aromatic N) is 1. The Kier molecular flexibility index (Phi) is 7.59. The predicted octanol–water partition coefficient (Wildman–Crippen LogP) is 2.44. The lowest BCUT2D eigenvalue weighted by atomic mass is 10.1. The van der Waals surface area contributed by atoms with Crippen molar-refractivity contribution in [1.29, 1.82) is 0 Å². The van der Waals surface area contributed by atoms with Crippen LogP contribution in [0.2, 0.25) is 0 Å². The number of hydrogen-bond donors (Lipinski definition) is 3. The molecule has 0 aliphatic heterocycles. The number of amides is 3. The first kappa shape index (κ1) is 22.2. The number of halogens is 3. The molecule has 2 rings (SSSR count). The summed E-state index contributed by atoms with van der Waals surface area (Å²) in [6, 6.07) is 8.33. The molecule has 0 saturated heterocycles. The van der Waals surface area contributed by atoms with Crippen molar-refractivity contribution >= 4 is 35.2 Å². The number of para-hydroxylation sites is 1. The fourth-order valence-electron chi connectivity index (χ4n) is 2.14. The van der Waals surface area contributed by atoms with Crippen molar-refractivity contribution in [2.24, 2.45) is 5.73 Å². The van der Waals surface area contributed by atoms with E-state index in [1.54, 1.807) is 12.1 Å². The van der Waals surface area contributed by atoms with Gasteiger partial charge in [-0.1, -0.05) is 23.9 Å². The van der Waals surface area contributed by atoms with Gasteiger partial charge in [-0.15, -0.1) is 0 Å². The van der Waals surface area contributed by atoms with Crippen LogP contribution < -0.4 is 16.4 Å². The lowest BCUT2D eigenvalue weighted by molar-refractivity contribution is -0.137. The average molecular weight is 426 g/mol. The third-order valence-electron chi connectivity index (χ3n) is 3.52. The zero-order valence-corrected chi connectivity index (χ0v) is 15.8. The van der Waals surface area contributed by atoms with Gasteiger partial charge in [0.05, 0.1) is 27.6 Å². The van der Waals surface area contributed by atoms with Crippen molar-refractivity contribution in [2.45, 2.75) is 17.6 Å². The molecule has 1 heterocycles. The number of pyridine rings is 1. The van der Waals surface area contributed by atoms with Crippen LogP contribution >= 0.6 is 11.8 Å². The van der Waals surface area contributed by atoms with Crippen LogP contribution in [0.1, 0.15) is 22.3 Å². The van der Waals surface area contributed by atoms with Gasteiger partial charge in [0.25, 0.3) is 5.91 Å². The summed E-state index contributed by atoms with van der Waals surface area (Å²) in [5.74, 6) is -1.62. The van der Waals surface area contributed by atoms with E-state index in [0.717, 1.165) is 17.8 Å².